The average Bonchev–Trinajstić information content (AvgIpc) is 3.25. The molecule has 4 rings (SSSR count). The zero-order chi connectivity index (χ0) is 20.2. The summed E-state index contributed by atoms with van der Waals surface area (Å²) in [7, 11) is -0.258. The highest BCUT2D eigenvalue weighted by Gasteiger charge is 2.37. The van der Waals surface area contributed by atoms with Crippen LogP contribution in [-0.4, -0.2) is 48.6 Å². The summed E-state index contributed by atoms with van der Waals surface area (Å²) in [4.78, 5) is 18.0. The summed E-state index contributed by atoms with van der Waals surface area (Å²) < 4.78 is 33.2. The fourth-order valence-electron chi connectivity index (χ4n) is 3.78. The number of primary amides is 1. The molecule has 0 saturated carbocycles. The number of nitrogens with two attached hydrogens (primary N) is 1. The van der Waals surface area contributed by atoms with Crippen LogP contribution >= 0.6 is 27.7 Å². The molecule has 1 aliphatic heterocycles. The van der Waals surface area contributed by atoms with Crippen LogP contribution in [-0.2, 0) is 21.5 Å². The maximum atomic E-state index is 12.9. The van der Waals surface area contributed by atoms with E-state index in [1.165, 1.54) is 11.8 Å². The van der Waals surface area contributed by atoms with Crippen LogP contribution in [0.3, 0.4) is 0 Å². The number of nitrogens with zero attached hydrogens (tertiary/aromatic N) is 3. The van der Waals surface area contributed by atoms with Crippen LogP contribution < -0.4 is 9.92 Å². The van der Waals surface area contributed by atoms with Crippen molar-refractivity contribution in [1.82, 2.24) is 14.5 Å². The summed E-state index contributed by atoms with van der Waals surface area (Å²) in [5, 5.41) is 0.673. The highest BCUT2D eigenvalue weighted by atomic mass is 79.9. The van der Waals surface area contributed by atoms with Gasteiger partial charge in [-0.15, -0.1) is 0 Å². The largest absolute Gasteiger partial charge is 0.378 e. The molecule has 0 fully saturated rings. The third-order valence-electron chi connectivity index (χ3n) is 5.05. The Kier molecular flexibility index (Phi) is 4.97. The number of benzene rings is 1. The van der Waals surface area contributed by atoms with Crippen molar-refractivity contribution in [1.29, 1.82) is 0 Å². The predicted octanol–water partition coefficient (Wildman–Crippen LogP) is 2.09. The molecule has 1 amide bonds. The standard InChI is InChI=1S/C17H19BrN4O4S2/c1-21(2)13-8-12(15(19)23)10-4-3-9(7-11(10)13)26-28(24,25)16-14(18)20-17-22(16)5-6-27-17/h3-4,7,12-13H,5-6,8H2,1-2H3,(H2,19,23). The lowest BCUT2D eigenvalue weighted by molar-refractivity contribution is -0.119. The van der Waals surface area contributed by atoms with Gasteiger partial charge in [-0.1, -0.05) is 17.8 Å². The topological polar surface area (TPSA) is 108 Å². The number of rotatable bonds is 5. The van der Waals surface area contributed by atoms with Gasteiger partial charge in [-0.2, -0.15) is 8.42 Å². The number of fused-ring (bicyclic) bond motifs is 2. The Bertz CT molecular complexity index is 1070. The first-order valence-electron chi connectivity index (χ1n) is 8.62. The summed E-state index contributed by atoms with van der Waals surface area (Å²) >= 11 is 4.73. The summed E-state index contributed by atoms with van der Waals surface area (Å²) in [6, 6.07) is 4.94. The van der Waals surface area contributed by atoms with Gasteiger partial charge >= 0.3 is 10.1 Å². The molecule has 2 heterocycles. The lowest BCUT2D eigenvalue weighted by Crippen LogP contribution is -2.21. The van der Waals surface area contributed by atoms with E-state index in [9.17, 15) is 13.2 Å². The van der Waals surface area contributed by atoms with E-state index >= 15 is 0 Å². The van der Waals surface area contributed by atoms with Crippen LogP contribution in [0.25, 0.3) is 0 Å². The van der Waals surface area contributed by atoms with Crippen molar-refractivity contribution in [2.45, 2.75) is 35.1 Å². The average molecular weight is 487 g/mol. The van der Waals surface area contributed by atoms with Crippen LogP contribution in [0, 0.1) is 0 Å². The second-order valence-electron chi connectivity index (χ2n) is 6.99. The third-order valence-corrected chi connectivity index (χ3v) is 8.12. The van der Waals surface area contributed by atoms with Crippen LogP contribution in [0.2, 0.25) is 0 Å². The summed E-state index contributed by atoms with van der Waals surface area (Å²) in [5.74, 6) is 0.194. The Balaban J connectivity index is 1.70. The lowest BCUT2D eigenvalue weighted by atomic mass is 10.0. The molecule has 2 aliphatic rings. The van der Waals surface area contributed by atoms with Crippen LogP contribution in [0.5, 0.6) is 5.75 Å². The second-order valence-corrected chi connectivity index (χ2v) is 10.3. The van der Waals surface area contributed by atoms with Crippen LogP contribution in [0.1, 0.15) is 29.5 Å². The van der Waals surface area contributed by atoms with Gasteiger partial charge < -0.3 is 19.4 Å². The quantitative estimate of drug-likeness (QED) is 0.644. The highest BCUT2D eigenvalue weighted by molar-refractivity contribution is 9.10. The van der Waals surface area contributed by atoms with Crippen molar-refractivity contribution in [2.24, 2.45) is 5.73 Å². The molecule has 2 aromatic rings. The Morgan fingerprint density at radius 2 is 2.14 bits per heavy atom. The minimum Gasteiger partial charge on any atom is -0.378 e. The summed E-state index contributed by atoms with van der Waals surface area (Å²) in [5.41, 5.74) is 7.22. The van der Waals surface area contributed by atoms with Crippen molar-refractivity contribution in [3.05, 3.63) is 33.9 Å². The van der Waals surface area contributed by atoms with Gasteiger partial charge in [-0.25, -0.2) is 4.98 Å². The number of aromatic nitrogens is 2. The molecular weight excluding hydrogens is 468 g/mol. The van der Waals surface area contributed by atoms with Crippen LogP contribution in [0.15, 0.2) is 33.0 Å². The van der Waals surface area contributed by atoms with Crippen molar-refractivity contribution >= 4 is 43.7 Å². The van der Waals surface area contributed by atoms with Crippen LogP contribution in [0.4, 0.5) is 0 Å². The van der Waals surface area contributed by atoms with E-state index in [1.54, 1.807) is 22.8 Å². The molecule has 8 nitrogen and oxygen atoms in total. The van der Waals surface area contributed by atoms with Crippen molar-refractivity contribution < 1.29 is 17.4 Å². The molecule has 150 valence electrons. The number of carbonyl (C=O) groups is 1. The normalized spacial score (nSPS) is 21.0. The molecule has 2 unspecified atom stereocenters. The molecule has 0 spiro atoms. The number of hydrogen-bond acceptors (Lipinski definition) is 7. The monoisotopic (exact) mass is 486 g/mol. The van der Waals surface area contributed by atoms with Crippen molar-refractivity contribution in [3.63, 3.8) is 0 Å². The first-order valence-corrected chi connectivity index (χ1v) is 11.8. The lowest BCUT2D eigenvalue weighted by Gasteiger charge is -2.20. The SMILES string of the molecule is CN(C)C1CC(C(N)=O)c2ccc(OS(=O)(=O)c3c(Br)nc4n3CCS4)cc21. The Labute approximate surface area is 175 Å². The van der Waals surface area contributed by atoms with Gasteiger partial charge in [-0.05, 0) is 59.7 Å². The van der Waals surface area contributed by atoms with Crippen molar-refractivity contribution in [3.8, 4) is 5.75 Å². The van der Waals surface area contributed by atoms with Gasteiger partial charge in [0.2, 0.25) is 10.9 Å². The van der Waals surface area contributed by atoms with E-state index in [0.29, 0.717) is 18.1 Å². The van der Waals surface area contributed by atoms with E-state index in [0.717, 1.165) is 16.9 Å². The van der Waals surface area contributed by atoms with E-state index in [-0.39, 0.29) is 27.3 Å². The summed E-state index contributed by atoms with van der Waals surface area (Å²) in [6.07, 6.45) is 0.562. The fraction of sp³-hybridized carbons (Fsp3) is 0.412. The minimum absolute atomic E-state index is 0.0205. The van der Waals surface area contributed by atoms with Gasteiger partial charge in [0.1, 0.15) is 10.4 Å². The molecule has 2 atom stereocenters. The number of imidazole rings is 1. The minimum atomic E-state index is -4.08. The van der Waals surface area contributed by atoms with E-state index in [2.05, 4.69) is 20.9 Å². The van der Waals surface area contributed by atoms with Gasteiger partial charge in [-0.3, -0.25) is 4.79 Å². The number of amides is 1. The fourth-order valence-corrected chi connectivity index (χ4v) is 7.01. The first-order chi connectivity index (χ1) is 13.2. The number of hydrogen-bond donors (Lipinski definition) is 1. The molecule has 2 N–H and O–H groups in total. The molecule has 11 heteroatoms. The highest BCUT2D eigenvalue weighted by Crippen LogP contribution is 2.44. The van der Waals surface area contributed by atoms with Gasteiger partial charge in [0.05, 0.1) is 5.92 Å². The van der Waals surface area contributed by atoms with E-state index in [4.69, 9.17) is 9.92 Å². The number of carbonyl (C=O) groups excluding carboxylic acids is 1. The molecule has 0 saturated heterocycles. The molecular formula is C17H19BrN4O4S2. The smallest absolute Gasteiger partial charge is 0.357 e. The zero-order valence-electron chi connectivity index (χ0n) is 15.3. The molecule has 0 bridgehead atoms. The Morgan fingerprint density at radius 1 is 1.39 bits per heavy atom. The van der Waals surface area contributed by atoms with Crippen molar-refractivity contribution in [2.75, 3.05) is 19.8 Å². The number of thioether (sulfide) groups is 1. The number of halogens is 1. The maximum Gasteiger partial charge on any atom is 0.357 e. The Morgan fingerprint density at radius 3 is 2.82 bits per heavy atom. The Hall–Kier alpha value is -1.56. The maximum absolute atomic E-state index is 12.9. The van der Waals surface area contributed by atoms with Gasteiger partial charge in [0.25, 0.3) is 0 Å². The van der Waals surface area contributed by atoms with E-state index in [1.807, 2.05) is 19.0 Å². The molecule has 1 aliphatic carbocycles. The molecule has 1 aromatic heterocycles. The first kappa shape index (κ1) is 19.7. The van der Waals surface area contributed by atoms with Gasteiger partial charge in [0, 0.05) is 18.3 Å². The third kappa shape index (κ3) is 3.23. The van der Waals surface area contributed by atoms with Gasteiger partial charge in [0.15, 0.2) is 5.16 Å². The molecule has 0 radical (unpaired) electrons. The second kappa shape index (κ2) is 7.05. The zero-order valence-corrected chi connectivity index (χ0v) is 18.5. The van der Waals surface area contributed by atoms with E-state index < -0.39 is 16.0 Å². The molecule has 1 aromatic carbocycles. The summed E-state index contributed by atoms with van der Waals surface area (Å²) in [6.45, 7) is 0.559. The molecule has 28 heavy (non-hydrogen) atoms. The predicted molar refractivity (Wildman–Crippen MR) is 108 cm³/mol.